The molecular formula is C15H17NO5. The third-order valence-electron chi connectivity index (χ3n) is 2.82. The number of aldehydes is 1. The average Bonchev–Trinajstić information content (AvgIpc) is 2.49. The number of allylic oxidation sites excluding steroid dienone is 1. The summed E-state index contributed by atoms with van der Waals surface area (Å²) < 4.78 is 5.10. The quantitative estimate of drug-likeness (QED) is 0.183. The van der Waals surface area contributed by atoms with Crippen molar-refractivity contribution in [2.75, 3.05) is 0 Å². The van der Waals surface area contributed by atoms with Crippen LogP contribution in [0.5, 0.6) is 0 Å². The number of hydrogen-bond acceptors (Lipinski definition) is 5. The Morgan fingerprint density at radius 2 is 1.95 bits per heavy atom. The Kier molecular flexibility index (Phi) is 6.80. The summed E-state index contributed by atoms with van der Waals surface area (Å²) in [6.07, 6.45) is 4.41. The van der Waals surface area contributed by atoms with Crippen LogP contribution in [0.2, 0.25) is 0 Å². The highest BCUT2D eigenvalue weighted by atomic mass is 16.6. The Morgan fingerprint density at radius 1 is 1.29 bits per heavy atom. The van der Waals surface area contributed by atoms with E-state index >= 15 is 0 Å². The number of carbonyl (C=O) groups excluding carboxylic acids is 2. The molecule has 0 saturated carbocycles. The molecule has 1 rings (SSSR count). The first kappa shape index (κ1) is 16.6. The molecule has 0 aromatic heterocycles. The van der Waals surface area contributed by atoms with E-state index in [0.717, 1.165) is 6.29 Å². The molecule has 6 heteroatoms. The van der Waals surface area contributed by atoms with Crippen LogP contribution in [0.3, 0.4) is 0 Å². The van der Waals surface area contributed by atoms with Gasteiger partial charge in [-0.05, 0) is 37.5 Å². The van der Waals surface area contributed by atoms with Gasteiger partial charge in [0.25, 0.3) is 5.69 Å². The highest BCUT2D eigenvalue weighted by molar-refractivity contribution is 5.87. The van der Waals surface area contributed by atoms with E-state index in [4.69, 9.17) is 4.74 Å². The van der Waals surface area contributed by atoms with Crippen LogP contribution >= 0.6 is 0 Å². The lowest BCUT2D eigenvalue weighted by Gasteiger charge is -2.05. The van der Waals surface area contributed by atoms with Gasteiger partial charge in [-0.1, -0.05) is 6.08 Å². The van der Waals surface area contributed by atoms with Crippen molar-refractivity contribution in [3.63, 3.8) is 0 Å². The summed E-state index contributed by atoms with van der Waals surface area (Å²) in [5.41, 5.74) is 1.17. The summed E-state index contributed by atoms with van der Waals surface area (Å²) in [6.45, 7) is 1.72. The summed E-state index contributed by atoms with van der Waals surface area (Å²) in [4.78, 5) is 31.9. The van der Waals surface area contributed by atoms with Gasteiger partial charge in [0, 0.05) is 24.1 Å². The van der Waals surface area contributed by atoms with Gasteiger partial charge in [0.1, 0.15) is 12.9 Å². The largest absolute Gasteiger partial charge is 0.457 e. The molecule has 112 valence electrons. The number of carbonyl (C=O) groups is 2. The fourth-order valence-electron chi connectivity index (χ4n) is 1.58. The summed E-state index contributed by atoms with van der Waals surface area (Å²) in [5.74, 6) is -0.431. The Hall–Kier alpha value is -2.50. The maximum atomic E-state index is 11.7. The number of nitro benzene ring substituents is 1. The molecule has 0 radical (unpaired) electrons. The minimum absolute atomic E-state index is 0.00340. The van der Waals surface area contributed by atoms with Crippen LogP contribution in [0.4, 0.5) is 5.69 Å². The van der Waals surface area contributed by atoms with Crippen molar-refractivity contribution in [3.05, 3.63) is 51.6 Å². The minimum atomic E-state index is -0.484. The second kappa shape index (κ2) is 8.63. The molecule has 0 N–H and O–H groups in total. The van der Waals surface area contributed by atoms with E-state index in [2.05, 4.69) is 0 Å². The van der Waals surface area contributed by atoms with Gasteiger partial charge in [-0.15, -0.1) is 0 Å². The molecule has 0 spiro atoms. The molecule has 0 atom stereocenters. The lowest BCUT2D eigenvalue weighted by Crippen LogP contribution is -2.06. The number of hydrogen-bond donors (Lipinski definition) is 0. The standard InChI is InChI=1S/C15H17NO5/c1-12(5-3-2-4-10-17)15(18)21-11-13-6-8-14(9-7-13)16(19)20/h5-10H,2-4,11H2,1H3. The molecule has 0 amide bonds. The number of ether oxygens (including phenoxy) is 1. The van der Waals surface area contributed by atoms with Gasteiger partial charge in [-0.3, -0.25) is 10.1 Å². The van der Waals surface area contributed by atoms with E-state index in [1.165, 1.54) is 12.1 Å². The van der Waals surface area contributed by atoms with Gasteiger partial charge in [0.05, 0.1) is 4.92 Å². The van der Waals surface area contributed by atoms with Gasteiger partial charge < -0.3 is 9.53 Å². The van der Waals surface area contributed by atoms with Crippen molar-refractivity contribution in [2.24, 2.45) is 0 Å². The molecule has 0 aliphatic rings. The molecule has 0 unspecified atom stereocenters. The van der Waals surface area contributed by atoms with E-state index in [-0.39, 0.29) is 12.3 Å². The zero-order chi connectivity index (χ0) is 15.7. The van der Waals surface area contributed by atoms with Gasteiger partial charge >= 0.3 is 5.97 Å². The van der Waals surface area contributed by atoms with Crippen LogP contribution in [0.25, 0.3) is 0 Å². The SMILES string of the molecule is CC(=CCCCC=O)C(=O)OCc1ccc([N+](=O)[O-])cc1. The predicted molar refractivity (Wildman–Crippen MR) is 76.6 cm³/mol. The third-order valence-corrected chi connectivity index (χ3v) is 2.82. The molecule has 21 heavy (non-hydrogen) atoms. The van der Waals surface area contributed by atoms with Crippen LogP contribution in [0, 0.1) is 10.1 Å². The van der Waals surface area contributed by atoms with Gasteiger partial charge in [0.15, 0.2) is 0 Å². The zero-order valence-corrected chi connectivity index (χ0v) is 11.8. The van der Waals surface area contributed by atoms with Crippen LogP contribution in [-0.2, 0) is 20.9 Å². The van der Waals surface area contributed by atoms with Crippen LogP contribution in [0.15, 0.2) is 35.9 Å². The molecule has 0 fully saturated rings. The van der Waals surface area contributed by atoms with Crippen LogP contribution < -0.4 is 0 Å². The molecule has 0 aliphatic heterocycles. The number of benzene rings is 1. The first-order valence-corrected chi connectivity index (χ1v) is 6.55. The molecular weight excluding hydrogens is 274 g/mol. The maximum absolute atomic E-state index is 11.7. The predicted octanol–water partition coefficient (Wildman–Crippen LogP) is 2.95. The number of unbranched alkanes of at least 4 members (excludes halogenated alkanes) is 2. The topological polar surface area (TPSA) is 86.5 Å². The average molecular weight is 291 g/mol. The lowest BCUT2D eigenvalue weighted by atomic mass is 10.2. The summed E-state index contributed by atoms with van der Waals surface area (Å²) in [6, 6.07) is 5.83. The Labute approximate surface area is 122 Å². The van der Waals surface area contributed by atoms with E-state index in [1.54, 1.807) is 25.1 Å². The van der Waals surface area contributed by atoms with Gasteiger partial charge in [0.2, 0.25) is 0 Å². The molecule has 1 aromatic rings. The number of non-ortho nitro benzene ring substituents is 1. The highest BCUT2D eigenvalue weighted by Crippen LogP contribution is 2.13. The lowest BCUT2D eigenvalue weighted by molar-refractivity contribution is -0.384. The van der Waals surface area contributed by atoms with Crippen molar-refractivity contribution in [1.29, 1.82) is 0 Å². The van der Waals surface area contributed by atoms with Crippen molar-refractivity contribution in [1.82, 2.24) is 0 Å². The van der Waals surface area contributed by atoms with E-state index < -0.39 is 10.9 Å². The van der Waals surface area contributed by atoms with E-state index in [0.29, 0.717) is 30.4 Å². The minimum Gasteiger partial charge on any atom is -0.457 e. The monoisotopic (exact) mass is 291 g/mol. The van der Waals surface area contributed by atoms with Crippen molar-refractivity contribution in [2.45, 2.75) is 32.8 Å². The number of rotatable bonds is 8. The van der Waals surface area contributed by atoms with Crippen molar-refractivity contribution >= 4 is 17.9 Å². The van der Waals surface area contributed by atoms with Crippen molar-refractivity contribution in [3.8, 4) is 0 Å². The van der Waals surface area contributed by atoms with Crippen LogP contribution in [0.1, 0.15) is 31.7 Å². The second-order valence-electron chi connectivity index (χ2n) is 4.48. The van der Waals surface area contributed by atoms with Crippen molar-refractivity contribution < 1.29 is 19.2 Å². The fourth-order valence-corrected chi connectivity index (χ4v) is 1.58. The molecule has 0 aliphatic carbocycles. The third kappa shape index (κ3) is 5.99. The van der Waals surface area contributed by atoms with Gasteiger partial charge in [-0.2, -0.15) is 0 Å². The maximum Gasteiger partial charge on any atom is 0.333 e. The summed E-state index contributed by atoms with van der Waals surface area (Å²) >= 11 is 0. The molecule has 6 nitrogen and oxygen atoms in total. The normalized spacial score (nSPS) is 11.0. The Balaban J connectivity index is 2.44. The number of nitrogens with zero attached hydrogens (tertiary/aromatic N) is 1. The fraction of sp³-hybridized carbons (Fsp3) is 0.333. The molecule has 1 aromatic carbocycles. The van der Waals surface area contributed by atoms with E-state index in [9.17, 15) is 19.7 Å². The number of nitro groups is 1. The second-order valence-corrected chi connectivity index (χ2v) is 4.48. The Morgan fingerprint density at radius 3 is 2.52 bits per heavy atom. The molecule has 0 bridgehead atoms. The highest BCUT2D eigenvalue weighted by Gasteiger charge is 2.07. The first-order valence-electron chi connectivity index (χ1n) is 6.55. The first-order chi connectivity index (χ1) is 10.0. The summed E-state index contributed by atoms with van der Waals surface area (Å²) in [5, 5.41) is 10.5. The number of esters is 1. The smallest absolute Gasteiger partial charge is 0.333 e. The Bertz CT molecular complexity index is 533. The summed E-state index contributed by atoms with van der Waals surface area (Å²) in [7, 11) is 0. The molecule has 0 saturated heterocycles. The zero-order valence-electron chi connectivity index (χ0n) is 11.8. The van der Waals surface area contributed by atoms with Gasteiger partial charge in [-0.25, -0.2) is 4.79 Å². The van der Waals surface area contributed by atoms with E-state index in [1.807, 2.05) is 0 Å². The molecule has 0 heterocycles. The van der Waals surface area contributed by atoms with Crippen LogP contribution in [-0.4, -0.2) is 17.2 Å².